The Balaban J connectivity index is 0.00000280. The zero-order chi connectivity index (χ0) is 19.4. The first-order valence-corrected chi connectivity index (χ1v) is 11.1. The van der Waals surface area contributed by atoms with Gasteiger partial charge in [-0.15, -0.1) is 24.0 Å². The molecule has 2 aromatic rings. The van der Waals surface area contributed by atoms with Crippen molar-refractivity contribution in [2.45, 2.75) is 39.8 Å². The number of halogens is 1. The number of para-hydroxylation sites is 1. The lowest BCUT2D eigenvalue weighted by atomic mass is 10.2. The van der Waals surface area contributed by atoms with Crippen molar-refractivity contribution in [1.29, 1.82) is 0 Å². The summed E-state index contributed by atoms with van der Waals surface area (Å²) >= 11 is 0. The minimum absolute atomic E-state index is 0. The maximum Gasteiger partial charge on any atom is 0.191 e. The number of hydrogen-bond acceptors (Lipinski definition) is 4. The molecule has 2 N–H and O–H groups in total. The van der Waals surface area contributed by atoms with Gasteiger partial charge >= 0.3 is 0 Å². The number of nitrogens with one attached hydrogen (secondary N) is 2. The van der Waals surface area contributed by atoms with Crippen molar-refractivity contribution in [2.75, 3.05) is 18.1 Å². The fraction of sp³-hybridized carbons (Fsp3) is 0.474. The number of sulfone groups is 1. The molecule has 0 bridgehead atoms. The molecule has 0 spiro atoms. The Morgan fingerprint density at radius 1 is 1.29 bits per heavy atom. The van der Waals surface area contributed by atoms with Crippen LogP contribution in [0.4, 0.5) is 0 Å². The van der Waals surface area contributed by atoms with Crippen molar-refractivity contribution < 1.29 is 8.42 Å². The third-order valence-corrected chi connectivity index (χ3v) is 6.52. The molecule has 1 unspecified atom stereocenters. The smallest absolute Gasteiger partial charge is 0.191 e. The van der Waals surface area contributed by atoms with Gasteiger partial charge in [-0.2, -0.15) is 5.10 Å². The zero-order valence-corrected chi connectivity index (χ0v) is 19.6. The Morgan fingerprint density at radius 2 is 2.00 bits per heavy atom. The molecule has 7 nitrogen and oxygen atoms in total. The molecule has 28 heavy (non-hydrogen) atoms. The van der Waals surface area contributed by atoms with Crippen LogP contribution in [0.3, 0.4) is 0 Å². The van der Waals surface area contributed by atoms with E-state index in [0.717, 1.165) is 22.6 Å². The highest BCUT2D eigenvalue weighted by Gasteiger charge is 2.28. The fourth-order valence-corrected chi connectivity index (χ4v) is 4.98. The van der Waals surface area contributed by atoms with Gasteiger partial charge in [-0.3, -0.25) is 0 Å². The second-order valence-electron chi connectivity index (χ2n) is 6.84. The van der Waals surface area contributed by atoms with E-state index in [2.05, 4.69) is 20.7 Å². The van der Waals surface area contributed by atoms with Gasteiger partial charge in [0.05, 0.1) is 29.4 Å². The van der Waals surface area contributed by atoms with E-state index in [9.17, 15) is 8.42 Å². The van der Waals surface area contributed by atoms with E-state index in [1.54, 1.807) is 0 Å². The molecule has 1 atom stereocenters. The normalized spacial score (nSPS) is 18.5. The number of benzene rings is 1. The molecule has 0 aliphatic carbocycles. The Kier molecular flexibility index (Phi) is 7.87. The molecule has 1 aromatic carbocycles. The van der Waals surface area contributed by atoms with E-state index in [-0.39, 0.29) is 41.5 Å². The summed E-state index contributed by atoms with van der Waals surface area (Å²) in [5.74, 6) is 1.05. The first-order valence-electron chi connectivity index (χ1n) is 9.25. The average molecular weight is 517 g/mol. The number of guanidine groups is 1. The number of aliphatic imine (C=N–C) groups is 1. The van der Waals surface area contributed by atoms with Crippen LogP contribution < -0.4 is 10.6 Å². The lowest BCUT2D eigenvalue weighted by Gasteiger charge is -2.15. The van der Waals surface area contributed by atoms with Gasteiger partial charge in [0.2, 0.25) is 0 Å². The van der Waals surface area contributed by atoms with E-state index in [1.165, 1.54) is 0 Å². The molecule has 2 heterocycles. The summed E-state index contributed by atoms with van der Waals surface area (Å²) in [6, 6.07) is 9.94. The Morgan fingerprint density at radius 3 is 2.61 bits per heavy atom. The molecule has 1 fully saturated rings. The van der Waals surface area contributed by atoms with Crippen LogP contribution >= 0.6 is 24.0 Å². The highest BCUT2D eigenvalue weighted by atomic mass is 127. The average Bonchev–Trinajstić information content (AvgIpc) is 3.12. The predicted molar refractivity (Wildman–Crippen MR) is 123 cm³/mol. The minimum atomic E-state index is -2.92. The summed E-state index contributed by atoms with van der Waals surface area (Å²) in [5.41, 5.74) is 4.10. The highest BCUT2D eigenvalue weighted by molar-refractivity contribution is 14.0. The summed E-state index contributed by atoms with van der Waals surface area (Å²) in [6.07, 6.45) is 0.622. The maximum absolute atomic E-state index is 11.7. The van der Waals surface area contributed by atoms with E-state index in [4.69, 9.17) is 0 Å². The van der Waals surface area contributed by atoms with Gasteiger partial charge in [-0.25, -0.2) is 18.1 Å². The quantitative estimate of drug-likeness (QED) is 0.361. The standard InChI is InChI=1S/C19H27N5O2S.HI/c1-4-20-19(22-16-10-11-27(25,26)13-16)21-12-18-14(2)23-24(15(18)3)17-8-6-5-7-9-17;/h5-9,16H,4,10-13H2,1-3H3,(H2,20,21,22);1H. The molecule has 0 saturated carbocycles. The van der Waals surface area contributed by atoms with Crippen LogP contribution in [0.15, 0.2) is 35.3 Å². The molecule has 1 aliphatic heterocycles. The largest absolute Gasteiger partial charge is 0.357 e. The molecule has 9 heteroatoms. The van der Waals surface area contributed by atoms with E-state index in [1.807, 2.05) is 55.8 Å². The molecule has 1 aliphatic rings. The number of aromatic nitrogens is 2. The van der Waals surface area contributed by atoms with E-state index >= 15 is 0 Å². The molecular formula is C19H28IN5O2S. The predicted octanol–water partition coefficient (Wildman–Crippen LogP) is 2.35. The maximum atomic E-state index is 11.7. The molecule has 1 aromatic heterocycles. The lowest BCUT2D eigenvalue weighted by molar-refractivity contribution is 0.599. The fourth-order valence-electron chi connectivity index (χ4n) is 3.30. The molecule has 3 rings (SSSR count). The van der Waals surface area contributed by atoms with Gasteiger partial charge in [-0.05, 0) is 39.3 Å². The van der Waals surface area contributed by atoms with Crippen molar-refractivity contribution in [2.24, 2.45) is 4.99 Å². The number of hydrogen-bond donors (Lipinski definition) is 2. The van der Waals surface area contributed by atoms with Gasteiger partial charge in [0, 0.05) is 23.8 Å². The molecule has 154 valence electrons. The van der Waals surface area contributed by atoms with Crippen LogP contribution in [-0.2, 0) is 16.4 Å². The van der Waals surface area contributed by atoms with E-state index in [0.29, 0.717) is 25.5 Å². The third-order valence-electron chi connectivity index (χ3n) is 4.75. The Hall–Kier alpha value is -1.62. The van der Waals surface area contributed by atoms with Crippen LogP contribution in [0.2, 0.25) is 0 Å². The number of nitrogens with zero attached hydrogens (tertiary/aromatic N) is 3. The topological polar surface area (TPSA) is 88.4 Å². The first kappa shape index (κ1) is 22.7. The van der Waals surface area contributed by atoms with E-state index < -0.39 is 9.84 Å². The Bertz CT molecular complexity index is 925. The van der Waals surface area contributed by atoms with Crippen LogP contribution in [0.1, 0.15) is 30.3 Å². The van der Waals surface area contributed by atoms with Crippen molar-refractivity contribution in [3.63, 3.8) is 0 Å². The zero-order valence-electron chi connectivity index (χ0n) is 16.5. The van der Waals surface area contributed by atoms with Gasteiger partial charge in [0.15, 0.2) is 15.8 Å². The summed E-state index contributed by atoms with van der Waals surface area (Å²) in [7, 11) is -2.92. The summed E-state index contributed by atoms with van der Waals surface area (Å²) in [6.45, 7) is 7.22. The molecule has 0 amide bonds. The SMILES string of the molecule is CCNC(=NCc1c(C)nn(-c2ccccc2)c1C)NC1CCS(=O)(=O)C1.I. The van der Waals surface area contributed by atoms with Gasteiger partial charge in [0.25, 0.3) is 0 Å². The van der Waals surface area contributed by atoms with Crippen molar-refractivity contribution in [3.05, 3.63) is 47.3 Å². The summed E-state index contributed by atoms with van der Waals surface area (Å²) < 4.78 is 25.3. The minimum Gasteiger partial charge on any atom is -0.357 e. The highest BCUT2D eigenvalue weighted by Crippen LogP contribution is 2.18. The molecular weight excluding hydrogens is 489 g/mol. The second-order valence-corrected chi connectivity index (χ2v) is 9.06. The number of rotatable bonds is 5. The molecule has 1 saturated heterocycles. The first-order chi connectivity index (χ1) is 12.9. The lowest BCUT2D eigenvalue weighted by Crippen LogP contribution is -2.44. The van der Waals surface area contributed by atoms with Gasteiger partial charge in [-0.1, -0.05) is 18.2 Å². The van der Waals surface area contributed by atoms with Crippen molar-refractivity contribution in [3.8, 4) is 5.69 Å². The van der Waals surface area contributed by atoms with Gasteiger partial charge in [0.1, 0.15) is 0 Å². The van der Waals surface area contributed by atoms with Crippen molar-refractivity contribution in [1.82, 2.24) is 20.4 Å². The molecule has 0 radical (unpaired) electrons. The van der Waals surface area contributed by atoms with Crippen LogP contribution in [0.25, 0.3) is 5.69 Å². The van der Waals surface area contributed by atoms with Crippen LogP contribution in [0, 0.1) is 13.8 Å². The third kappa shape index (κ3) is 5.47. The number of aryl methyl sites for hydroxylation is 1. The van der Waals surface area contributed by atoms with Gasteiger partial charge < -0.3 is 10.6 Å². The van der Waals surface area contributed by atoms with Crippen LogP contribution in [0.5, 0.6) is 0 Å². The van der Waals surface area contributed by atoms with Crippen molar-refractivity contribution >= 4 is 39.8 Å². The summed E-state index contributed by atoms with van der Waals surface area (Å²) in [5, 5.41) is 11.1. The second kappa shape index (κ2) is 9.73. The summed E-state index contributed by atoms with van der Waals surface area (Å²) in [4.78, 5) is 4.67. The monoisotopic (exact) mass is 517 g/mol. The van der Waals surface area contributed by atoms with Crippen LogP contribution in [-0.4, -0.2) is 48.3 Å². The Labute approximate surface area is 184 Å².